The van der Waals surface area contributed by atoms with Crippen molar-refractivity contribution in [3.8, 4) is 5.75 Å². The van der Waals surface area contributed by atoms with Crippen LogP contribution in [0.1, 0.15) is 103 Å². The smallest absolute Gasteiger partial charge is 0.192 e. The number of hydrogen-bond acceptors (Lipinski definition) is 4. The molecular formula is C34H58N2O2Si. The summed E-state index contributed by atoms with van der Waals surface area (Å²) in [6, 6.07) is 8.45. The fourth-order valence-corrected chi connectivity index (χ4v) is 10.2. The van der Waals surface area contributed by atoms with Gasteiger partial charge in [0.25, 0.3) is 0 Å². The summed E-state index contributed by atoms with van der Waals surface area (Å²) in [6.07, 6.45) is 13.3. The van der Waals surface area contributed by atoms with E-state index in [9.17, 15) is 0 Å². The summed E-state index contributed by atoms with van der Waals surface area (Å²) in [7, 11) is 2.80. The van der Waals surface area contributed by atoms with Crippen molar-refractivity contribution in [1.82, 2.24) is 10.2 Å². The van der Waals surface area contributed by atoms with Crippen molar-refractivity contribution < 1.29 is 9.16 Å². The molecule has 0 radical (unpaired) electrons. The second-order valence-electron chi connectivity index (χ2n) is 15.4. The maximum Gasteiger partial charge on any atom is 0.192 e. The van der Waals surface area contributed by atoms with Gasteiger partial charge in [-0.1, -0.05) is 33.8 Å². The minimum absolute atomic E-state index is 0.288. The summed E-state index contributed by atoms with van der Waals surface area (Å²) in [5.74, 6) is 3.61. The third-order valence-corrected chi connectivity index (χ3v) is 16.8. The number of nitrogens with zero attached hydrogens (tertiary/aromatic N) is 1. The van der Waals surface area contributed by atoms with Crippen molar-refractivity contribution in [2.45, 2.75) is 134 Å². The molecule has 3 fully saturated rings. The molecule has 3 saturated carbocycles. The van der Waals surface area contributed by atoms with Gasteiger partial charge in [0, 0.05) is 24.7 Å². The third-order valence-electron chi connectivity index (χ3n) is 12.2. The molecule has 0 heterocycles. The van der Waals surface area contributed by atoms with Crippen molar-refractivity contribution >= 4 is 8.32 Å². The van der Waals surface area contributed by atoms with Crippen LogP contribution in [0, 0.1) is 17.3 Å². The highest BCUT2D eigenvalue weighted by Gasteiger charge is 2.54. The highest BCUT2D eigenvalue weighted by molar-refractivity contribution is 6.74. The van der Waals surface area contributed by atoms with Gasteiger partial charge in [0.05, 0.1) is 6.61 Å². The minimum Gasteiger partial charge on any atom is -0.494 e. The number of benzene rings is 1. The molecule has 4 nitrogen and oxygen atoms in total. The van der Waals surface area contributed by atoms with E-state index in [1.165, 1.54) is 57.8 Å². The van der Waals surface area contributed by atoms with Gasteiger partial charge in [0.1, 0.15) is 5.75 Å². The summed E-state index contributed by atoms with van der Waals surface area (Å²) < 4.78 is 13.0. The van der Waals surface area contributed by atoms with Crippen LogP contribution in [0.15, 0.2) is 18.2 Å². The van der Waals surface area contributed by atoms with Crippen LogP contribution in [-0.4, -0.2) is 58.7 Å². The van der Waals surface area contributed by atoms with Crippen molar-refractivity contribution in [3.63, 3.8) is 0 Å². The summed E-state index contributed by atoms with van der Waals surface area (Å²) in [6.45, 7) is 16.3. The molecule has 0 saturated heterocycles. The Morgan fingerprint density at radius 1 is 1.08 bits per heavy atom. The lowest BCUT2D eigenvalue weighted by Crippen LogP contribution is -2.47. The van der Waals surface area contributed by atoms with Crippen molar-refractivity contribution in [1.29, 1.82) is 0 Å². The van der Waals surface area contributed by atoms with E-state index in [0.29, 0.717) is 23.6 Å². The van der Waals surface area contributed by atoms with E-state index in [4.69, 9.17) is 9.16 Å². The molecule has 0 aromatic heterocycles. The molecule has 0 aliphatic heterocycles. The Morgan fingerprint density at radius 3 is 2.62 bits per heavy atom. The number of ether oxygens (including phenoxy) is 1. The predicted octanol–water partition coefficient (Wildman–Crippen LogP) is 7.77. The van der Waals surface area contributed by atoms with Gasteiger partial charge >= 0.3 is 0 Å². The van der Waals surface area contributed by atoms with Gasteiger partial charge in [-0.2, -0.15) is 0 Å². The molecule has 1 N–H and O–H groups in total. The second kappa shape index (κ2) is 11.4. The lowest BCUT2D eigenvalue weighted by atomic mass is 9.55. The molecule has 4 aliphatic rings. The Balaban J connectivity index is 1.08. The van der Waals surface area contributed by atoms with Gasteiger partial charge in [-0.05, 0) is 143 Å². The van der Waals surface area contributed by atoms with E-state index in [2.05, 4.69) is 83.3 Å². The third kappa shape index (κ3) is 5.90. The molecule has 5 heteroatoms. The van der Waals surface area contributed by atoms with Crippen molar-refractivity contribution in [2.75, 3.05) is 27.2 Å². The van der Waals surface area contributed by atoms with E-state index >= 15 is 0 Å². The Hall–Kier alpha value is -0.883. The van der Waals surface area contributed by atoms with Crippen molar-refractivity contribution in [2.24, 2.45) is 17.3 Å². The molecule has 0 bridgehead atoms. The molecular weight excluding hydrogens is 496 g/mol. The van der Waals surface area contributed by atoms with E-state index in [1.54, 1.807) is 11.1 Å². The number of aryl methyl sites for hydroxylation is 1. The Labute approximate surface area is 241 Å². The maximum absolute atomic E-state index is 6.73. The monoisotopic (exact) mass is 554 g/mol. The molecule has 0 amide bonds. The molecule has 4 unspecified atom stereocenters. The minimum atomic E-state index is -1.68. The average Bonchev–Trinajstić information content (AvgIpc) is 3.48. The molecule has 0 spiro atoms. The van der Waals surface area contributed by atoms with Gasteiger partial charge in [-0.25, -0.2) is 0 Å². The number of rotatable bonds is 9. The van der Waals surface area contributed by atoms with E-state index < -0.39 is 8.32 Å². The predicted molar refractivity (Wildman–Crippen MR) is 166 cm³/mol. The van der Waals surface area contributed by atoms with Crippen LogP contribution < -0.4 is 10.1 Å². The quantitative estimate of drug-likeness (QED) is 0.250. The van der Waals surface area contributed by atoms with Gasteiger partial charge in [0.15, 0.2) is 8.32 Å². The standard InChI is InChI=1S/C34H58N2O2Si/c1-33(2,3)39(7,8)38-27-12-11-25(23-27)36(6)20-9-21-37-26-13-15-28-24(22-26)10-14-30-29(28)18-19-34(4)31(30)16-17-32(34)35-5/h13,15,22,25,27,29-32,35H,9-12,14,16-21,23H2,1-8H3/t25-,27?,29?,30?,31?,32+,34+/m1/s1. The summed E-state index contributed by atoms with van der Waals surface area (Å²) in [5, 5.41) is 3.95. The van der Waals surface area contributed by atoms with Crippen LogP contribution in [0.4, 0.5) is 0 Å². The summed E-state index contributed by atoms with van der Waals surface area (Å²) in [5.41, 5.74) is 3.71. The zero-order chi connectivity index (χ0) is 28.0. The highest BCUT2D eigenvalue weighted by atomic mass is 28.4. The first-order chi connectivity index (χ1) is 18.4. The Kier molecular flexibility index (Phi) is 8.67. The van der Waals surface area contributed by atoms with E-state index in [-0.39, 0.29) is 5.04 Å². The zero-order valence-corrected chi connectivity index (χ0v) is 27.4. The van der Waals surface area contributed by atoms with E-state index in [0.717, 1.165) is 43.1 Å². The maximum atomic E-state index is 6.73. The molecule has 1 aromatic carbocycles. The van der Waals surface area contributed by atoms with Crippen molar-refractivity contribution in [3.05, 3.63) is 29.3 Å². The summed E-state index contributed by atoms with van der Waals surface area (Å²) >= 11 is 0. The van der Waals surface area contributed by atoms with Crippen LogP contribution in [-0.2, 0) is 10.8 Å². The molecule has 4 aliphatic carbocycles. The SMILES string of the molecule is CN[C@H]1CCC2C3CCc4cc(OCCCN(C)[C@@H]5CCC(O[Si](C)(C)C(C)(C)C)C5)ccc4C3CC[C@@]21C. The topological polar surface area (TPSA) is 33.7 Å². The number of fused-ring (bicyclic) bond motifs is 5. The van der Waals surface area contributed by atoms with E-state index in [1.807, 2.05) is 0 Å². The van der Waals surface area contributed by atoms with Crippen LogP contribution >= 0.6 is 0 Å². The van der Waals surface area contributed by atoms with Crippen LogP contribution in [0.2, 0.25) is 18.1 Å². The van der Waals surface area contributed by atoms with Crippen LogP contribution in [0.3, 0.4) is 0 Å². The molecule has 5 rings (SSSR count). The first kappa shape index (κ1) is 29.6. The first-order valence-corrected chi connectivity index (χ1v) is 19.1. The first-order valence-electron chi connectivity index (χ1n) is 16.2. The van der Waals surface area contributed by atoms with Gasteiger partial charge in [-0.3, -0.25) is 0 Å². The normalized spacial score (nSPS) is 34.6. The van der Waals surface area contributed by atoms with Gasteiger partial charge in [-0.15, -0.1) is 0 Å². The van der Waals surface area contributed by atoms with Crippen LogP contribution in [0.25, 0.3) is 0 Å². The lowest BCUT2D eigenvalue weighted by molar-refractivity contribution is 0.0430. The Morgan fingerprint density at radius 2 is 1.87 bits per heavy atom. The fourth-order valence-electron chi connectivity index (χ4n) is 8.83. The van der Waals surface area contributed by atoms with Gasteiger partial charge < -0.3 is 19.4 Å². The second-order valence-corrected chi connectivity index (χ2v) is 20.1. The Bertz CT molecular complexity index is 990. The largest absolute Gasteiger partial charge is 0.494 e. The average molecular weight is 555 g/mol. The molecule has 7 atom stereocenters. The lowest BCUT2D eigenvalue weighted by Gasteiger charge is -2.51. The molecule has 220 valence electrons. The fraction of sp³-hybridized carbons (Fsp3) is 0.824. The highest BCUT2D eigenvalue weighted by Crippen LogP contribution is 2.60. The number of nitrogens with one attached hydrogen (secondary N) is 1. The van der Waals surface area contributed by atoms with Gasteiger partial charge in [0.2, 0.25) is 0 Å². The number of hydrogen-bond donors (Lipinski definition) is 1. The van der Waals surface area contributed by atoms with Crippen LogP contribution in [0.5, 0.6) is 5.75 Å². The zero-order valence-electron chi connectivity index (χ0n) is 26.4. The molecule has 1 aromatic rings. The summed E-state index contributed by atoms with van der Waals surface area (Å²) in [4.78, 5) is 2.56. The molecule has 39 heavy (non-hydrogen) atoms.